The van der Waals surface area contributed by atoms with Crippen molar-refractivity contribution in [1.29, 1.82) is 0 Å². The van der Waals surface area contributed by atoms with Gasteiger partial charge in [-0.05, 0) is 18.2 Å². The lowest BCUT2D eigenvalue weighted by atomic mass is 10.3. The topological polar surface area (TPSA) is 58.6 Å². The van der Waals surface area contributed by atoms with E-state index in [4.69, 9.17) is 33.0 Å². The maximum atomic E-state index is 11.1. The highest BCUT2D eigenvalue weighted by Crippen LogP contribution is 2.23. The normalized spacial score (nSPS) is 9.94. The number of carbonyl (C=O) groups excluding carboxylic acids is 1. The summed E-state index contributed by atoms with van der Waals surface area (Å²) in [5.41, 5.74) is 0. The Morgan fingerprint density at radius 3 is 2.50 bits per heavy atom. The Morgan fingerprint density at radius 2 is 1.94 bits per heavy atom. The third-order valence-electron chi connectivity index (χ3n) is 1.64. The molecule has 4 nitrogen and oxygen atoms in total. The Hall–Kier alpha value is -0.970. The number of hydrogen-bond donors (Lipinski definition) is 2. The van der Waals surface area contributed by atoms with Crippen LogP contribution in [0.2, 0.25) is 10.0 Å². The molecule has 0 heterocycles. The molecule has 1 amide bonds. The van der Waals surface area contributed by atoms with Crippen LogP contribution < -0.4 is 10.1 Å². The average molecular weight is 264 g/mol. The molecule has 0 aliphatic rings. The van der Waals surface area contributed by atoms with Crippen molar-refractivity contribution in [1.82, 2.24) is 5.32 Å². The summed E-state index contributed by atoms with van der Waals surface area (Å²) in [6.45, 7) is -0.0378. The summed E-state index contributed by atoms with van der Waals surface area (Å²) >= 11 is 11.5. The van der Waals surface area contributed by atoms with Crippen molar-refractivity contribution in [2.24, 2.45) is 0 Å². The summed E-state index contributed by atoms with van der Waals surface area (Å²) in [6.07, 6.45) is 0. The zero-order valence-corrected chi connectivity index (χ0v) is 9.88. The molecule has 88 valence electrons. The molecular formula is C10H11Cl2NO3. The predicted molar refractivity (Wildman–Crippen MR) is 62.1 cm³/mol. The average Bonchev–Trinajstić information content (AvgIpc) is 2.22. The highest BCUT2D eigenvalue weighted by atomic mass is 35.5. The minimum atomic E-state index is -0.315. The van der Waals surface area contributed by atoms with Crippen LogP contribution in [0, 0.1) is 0 Å². The van der Waals surface area contributed by atoms with Crippen LogP contribution in [0.25, 0.3) is 0 Å². The van der Waals surface area contributed by atoms with Crippen molar-refractivity contribution in [3.05, 3.63) is 28.2 Å². The van der Waals surface area contributed by atoms with Gasteiger partial charge in [0.05, 0.1) is 6.61 Å². The van der Waals surface area contributed by atoms with Crippen LogP contribution in [0.4, 0.5) is 0 Å². The zero-order valence-electron chi connectivity index (χ0n) is 8.37. The second-order valence-electron chi connectivity index (χ2n) is 2.97. The van der Waals surface area contributed by atoms with E-state index in [-0.39, 0.29) is 25.7 Å². The number of hydrogen-bond acceptors (Lipinski definition) is 3. The van der Waals surface area contributed by atoms with Gasteiger partial charge in [-0.15, -0.1) is 0 Å². The van der Waals surface area contributed by atoms with E-state index >= 15 is 0 Å². The lowest BCUT2D eigenvalue weighted by Gasteiger charge is -2.07. The fourth-order valence-electron chi connectivity index (χ4n) is 1.01. The summed E-state index contributed by atoms with van der Waals surface area (Å²) < 4.78 is 5.16. The molecule has 1 rings (SSSR count). The first-order valence-corrected chi connectivity index (χ1v) is 5.34. The highest BCUT2D eigenvalue weighted by Gasteiger charge is 2.03. The molecular weight excluding hydrogens is 253 g/mol. The molecule has 0 saturated carbocycles. The largest absolute Gasteiger partial charge is 0.484 e. The minimum absolute atomic E-state index is 0.102. The first-order chi connectivity index (χ1) is 7.61. The van der Waals surface area contributed by atoms with Gasteiger partial charge < -0.3 is 15.2 Å². The molecule has 16 heavy (non-hydrogen) atoms. The van der Waals surface area contributed by atoms with E-state index in [1.165, 1.54) is 0 Å². The van der Waals surface area contributed by atoms with Crippen molar-refractivity contribution in [3.8, 4) is 5.75 Å². The smallest absolute Gasteiger partial charge is 0.258 e. The number of ether oxygens (including phenoxy) is 1. The van der Waals surface area contributed by atoms with Gasteiger partial charge >= 0.3 is 0 Å². The quantitative estimate of drug-likeness (QED) is 0.846. The van der Waals surface area contributed by atoms with Gasteiger partial charge in [-0.25, -0.2) is 0 Å². The molecule has 0 atom stereocenters. The second kappa shape index (κ2) is 6.58. The van der Waals surface area contributed by atoms with E-state index in [1.807, 2.05) is 0 Å². The zero-order chi connectivity index (χ0) is 12.0. The summed E-state index contributed by atoms with van der Waals surface area (Å²) in [5.74, 6) is 0.113. The van der Waals surface area contributed by atoms with Crippen molar-refractivity contribution in [3.63, 3.8) is 0 Å². The Balaban J connectivity index is 2.45. The number of nitrogens with one attached hydrogen (secondary N) is 1. The van der Waals surface area contributed by atoms with Crippen LogP contribution in [0.3, 0.4) is 0 Å². The second-order valence-corrected chi connectivity index (χ2v) is 3.84. The van der Waals surface area contributed by atoms with Crippen LogP contribution in [0.1, 0.15) is 0 Å². The Labute approximate surface area is 103 Å². The molecule has 1 aromatic rings. The standard InChI is InChI=1S/C10H11Cl2NO3/c11-7-3-8(12)5-9(4-7)16-6-10(15)13-1-2-14/h3-5,14H,1-2,6H2,(H,13,15). The fourth-order valence-corrected chi connectivity index (χ4v) is 1.51. The van der Waals surface area contributed by atoms with Crippen LogP contribution in [-0.2, 0) is 4.79 Å². The molecule has 2 N–H and O–H groups in total. The van der Waals surface area contributed by atoms with E-state index in [0.717, 1.165) is 0 Å². The number of amides is 1. The number of halogens is 2. The van der Waals surface area contributed by atoms with Crippen LogP contribution in [0.5, 0.6) is 5.75 Å². The third kappa shape index (κ3) is 4.70. The van der Waals surface area contributed by atoms with Gasteiger partial charge in [0.15, 0.2) is 6.61 Å². The van der Waals surface area contributed by atoms with E-state index < -0.39 is 0 Å². The van der Waals surface area contributed by atoms with Crippen molar-refractivity contribution >= 4 is 29.1 Å². The predicted octanol–water partition coefficient (Wildman–Crippen LogP) is 1.48. The SMILES string of the molecule is O=C(COc1cc(Cl)cc(Cl)c1)NCCO. The molecule has 0 radical (unpaired) electrons. The van der Waals surface area contributed by atoms with E-state index in [9.17, 15) is 4.79 Å². The van der Waals surface area contributed by atoms with Gasteiger partial charge in [-0.1, -0.05) is 23.2 Å². The first kappa shape index (κ1) is 13.1. The lowest BCUT2D eigenvalue weighted by Crippen LogP contribution is -2.31. The molecule has 0 aliphatic carbocycles. The van der Waals surface area contributed by atoms with Crippen LogP contribution in [0.15, 0.2) is 18.2 Å². The number of rotatable bonds is 5. The van der Waals surface area contributed by atoms with Crippen molar-refractivity contribution in [2.45, 2.75) is 0 Å². The fraction of sp³-hybridized carbons (Fsp3) is 0.300. The van der Waals surface area contributed by atoms with E-state index in [2.05, 4.69) is 5.32 Å². The van der Waals surface area contributed by atoms with Crippen molar-refractivity contribution in [2.75, 3.05) is 19.8 Å². The van der Waals surface area contributed by atoms with Crippen molar-refractivity contribution < 1.29 is 14.6 Å². The summed E-state index contributed by atoms with van der Waals surface area (Å²) in [5, 5.41) is 11.8. The number of aliphatic hydroxyl groups is 1. The minimum Gasteiger partial charge on any atom is -0.484 e. The molecule has 0 fully saturated rings. The van der Waals surface area contributed by atoms with Gasteiger partial charge in [-0.2, -0.15) is 0 Å². The maximum absolute atomic E-state index is 11.1. The molecule has 0 aromatic heterocycles. The molecule has 1 aromatic carbocycles. The monoisotopic (exact) mass is 263 g/mol. The Bertz CT molecular complexity index is 351. The molecule has 0 spiro atoms. The van der Waals surface area contributed by atoms with Gasteiger partial charge in [0.25, 0.3) is 5.91 Å². The maximum Gasteiger partial charge on any atom is 0.258 e. The molecule has 6 heteroatoms. The van der Waals surface area contributed by atoms with Crippen LogP contribution in [-0.4, -0.2) is 30.8 Å². The van der Waals surface area contributed by atoms with Gasteiger partial charge in [0.1, 0.15) is 5.75 Å². The summed E-state index contributed by atoms with van der Waals surface area (Å²) in [7, 11) is 0. The van der Waals surface area contributed by atoms with Gasteiger partial charge in [0, 0.05) is 16.6 Å². The van der Waals surface area contributed by atoms with E-state index in [1.54, 1.807) is 18.2 Å². The van der Waals surface area contributed by atoms with Crippen LogP contribution >= 0.6 is 23.2 Å². The van der Waals surface area contributed by atoms with E-state index in [0.29, 0.717) is 15.8 Å². The van der Waals surface area contributed by atoms with Gasteiger partial charge in [0.2, 0.25) is 0 Å². The molecule has 0 aliphatic heterocycles. The highest BCUT2D eigenvalue weighted by molar-refractivity contribution is 6.34. The lowest BCUT2D eigenvalue weighted by molar-refractivity contribution is -0.123. The molecule has 0 bridgehead atoms. The summed E-state index contributed by atoms with van der Waals surface area (Å²) in [4.78, 5) is 11.1. The first-order valence-electron chi connectivity index (χ1n) is 4.58. The number of carbonyl (C=O) groups is 1. The van der Waals surface area contributed by atoms with Gasteiger partial charge in [-0.3, -0.25) is 4.79 Å². The Morgan fingerprint density at radius 1 is 1.31 bits per heavy atom. The summed E-state index contributed by atoms with van der Waals surface area (Å²) in [6, 6.07) is 4.70. The number of aliphatic hydroxyl groups excluding tert-OH is 1. The number of benzene rings is 1. The molecule has 0 unspecified atom stereocenters. The molecule has 0 saturated heterocycles. The third-order valence-corrected chi connectivity index (χ3v) is 2.08. The Kier molecular flexibility index (Phi) is 5.38.